The first-order valence-corrected chi connectivity index (χ1v) is 9.52. The second kappa shape index (κ2) is 8.18. The topological polar surface area (TPSA) is 100 Å². The van der Waals surface area contributed by atoms with Crippen molar-refractivity contribution in [1.29, 1.82) is 0 Å². The van der Waals surface area contributed by atoms with Gasteiger partial charge in [0.05, 0.1) is 5.56 Å². The maximum absolute atomic E-state index is 12.2. The molecule has 0 saturated heterocycles. The molecule has 4 rings (SSSR count). The molecule has 3 N–H and O–H groups in total. The summed E-state index contributed by atoms with van der Waals surface area (Å²) in [4.78, 5) is 38.8. The third-order valence-corrected chi connectivity index (χ3v) is 4.96. The van der Waals surface area contributed by atoms with E-state index in [0.717, 1.165) is 22.0 Å². The number of rotatable bonds is 6. The first kappa shape index (κ1) is 18.7. The summed E-state index contributed by atoms with van der Waals surface area (Å²) >= 11 is 0. The van der Waals surface area contributed by atoms with Crippen molar-refractivity contribution in [2.75, 3.05) is 18.5 Å². The van der Waals surface area contributed by atoms with E-state index in [4.69, 9.17) is 4.74 Å². The fourth-order valence-electron chi connectivity index (χ4n) is 3.45. The van der Waals surface area contributed by atoms with Gasteiger partial charge in [-0.15, -0.1) is 0 Å². The van der Waals surface area contributed by atoms with Gasteiger partial charge in [0.25, 0.3) is 5.91 Å². The molecule has 2 amide bonds. The molecule has 29 heavy (non-hydrogen) atoms. The van der Waals surface area contributed by atoms with E-state index in [1.807, 2.05) is 30.5 Å². The van der Waals surface area contributed by atoms with Crippen LogP contribution in [-0.4, -0.2) is 35.9 Å². The monoisotopic (exact) mass is 391 g/mol. The van der Waals surface area contributed by atoms with E-state index in [2.05, 4.69) is 15.6 Å². The molecule has 7 heteroatoms. The van der Waals surface area contributed by atoms with Crippen molar-refractivity contribution >= 4 is 34.4 Å². The molecule has 0 spiro atoms. The summed E-state index contributed by atoms with van der Waals surface area (Å²) in [5, 5.41) is 6.67. The van der Waals surface area contributed by atoms with E-state index in [9.17, 15) is 14.4 Å². The molecule has 0 unspecified atom stereocenters. The molecule has 0 fully saturated rings. The zero-order valence-corrected chi connectivity index (χ0v) is 15.8. The summed E-state index contributed by atoms with van der Waals surface area (Å²) in [5.41, 5.74) is 4.16. The number of para-hydroxylation sites is 1. The fourth-order valence-corrected chi connectivity index (χ4v) is 3.45. The van der Waals surface area contributed by atoms with Crippen LogP contribution in [0.25, 0.3) is 10.9 Å². The predicted molar refractivity (Wildman–Crippen MR) is 109 cm³/mol. The molecule has 1 aliphatic heterocycles. The SMILES string of the molecule is O=C(COC(=O)c1ccc2c(c1)CCC(=O)N2)NCCc1c[nH]c2ccccc12. The highest BCUT2D eigenvalue weighted by atomic mass is 16.5. The Labute approximate surface area is 167 Å². The average molecular weight is 391 g/mol. The van der Waals surface area contributed by atoms with Crippen molar-refractivity contribution in [3.05, 3.63) is 65.4 Å². The van der Waals surface area contributed by atoms with Gasteiger partial charge in [0.15, 0.2) is 6.61 Å². The van der Waals surface area contributed by atoms with Gasteiger partial charge in [-0.1, -0.05) is 18.2 Å². The van der Waals surface area contributed by atoms with E-state index < -0.39 is 5.97 Å². The van der Waals surface area contributed by atoms with Crippen LogP contribution in [0.4, 0.5) is 5.69 Å². The summed E-state index contributed by atoms with van der Waals surface area (Å²) < 4.78 is 5.12. The van der Waals surface area contributed by atoms with E-state index in [1.165, 1.54) is 0 Å². The van der Waals surface area contributed by atoms with Crippen LogP contribution >= 0.6 is 0 Å². The number of ether oxygens (including phenoxy) is 1. The number of nitrogens with one attached hydrogen (secondary N) is 3. The van der Waals surface area contributed by atoms with Crippen molar-refractivity contribution in [3.63, 3.8) is 0 Å². The van der Waals surface area contributed by atoms with E-state index >= 15 is 0 Å². The second-order valence-corrected chi connectivity index (χ2v) is 6.96. The van der Waals surface area contributed by atoms with Gasteiger partial charge >= 0.3 is 5.97 Å². The Morgan fingerprint density at radius 3 is 2.86 bits per heavy atom. The Hall–Kier alpha value is -3.61. The third-order valence-electron chi connectivity index (χ3n) is 4.96. The molecule has 0 saturated carbocycles. The van der Waals surface area contributed by atoms with Gasteiger partial charge in [-0.2, -0.15) is 0 Å². The molecule has 2 heterocycles. The van der Waals surface area contributed by atoms with Crippen LogP contribution < -0.4 is 10.6 Å². The molecule has 0 atom stereocenters. The van der Waals surface area contributed by atoms with E-state index in [1.54, 1.807) is 18.2 Å². The quantitative estimate of drug-likeness (QED) is 0.562. The Morgan fingerprint density at radius 1 is 1.10 bits per heavy atom. The van der Waals surface area contributed by atoms with Gasteiger partial charge in [-0.05, 0) is 48.2 Å². The number of fused-ring (bicyclic) bond motifs is 2. The Kier molecular flexibility index (Phi) is 5.29. The van der Waals surface area contributed by atoms with Gasteiger partial charge in [-0.25, -0.2) is 4.79 Å². The van der Waals surface area contributed by atoms with Crippen molar-refractivity contribution < 1.29 is 19.1 Å². The van der Waals surface area contributed by atoms with Crippen molar-refractivity contribution in [2.24, 2.45) is 0 Å². The molecule has 0 bridgehead atoms. The van der Waals surface area contributed by atoms with Gasteiger partial charge in [0, 0.05) is 35.8 Å². The number of carbonyl (C=O) groups is 3. The Bertz CT molecular complexity index is 1090. The number of amides is 2. The van der Waals surface area contributed by atoms with Crippen LogP contribution in [0.1, 0.15) is 27.9 Å². The molecule has 1 aliphatic rings. The van der Waals surface area contributed by atoms with Crippen LogP contribution in [0, 0.1) is 0 Å². The van der Waals surface area contributed by atoms with Crippen molar-refractivity contribution in [2.45, 2.75) is 19.3 Å². The first-order chi connectivity index (χ1) is 14.1. The maximum atomic E-state index is 12.2. The smallest absolute Gasteiger partial charge is 0.338 e. The van der Waals surface area contributed by atoms with Crippen molar-refractivity contribution in [1.82, 2.24) is 10.3 Å². The van der Waals surface area contributed by atoms with Crippen LogP contribution in [0.2, 0.25) is 0 Å². The Balaban J connectivity index is 1.25. The van der Waals surface area contributed by atoms with Crippen LogP contribution in [0.15, 0.2) is 48.7 Å². The highest BCUT2D eigenvalue weighted by Crippen LogP contribution is 2.24. The lowest BCUT2D eigenvalue weighted by molar-refractivity contribution is -0.124. The standard InChI is InChI=1S/C22H21N3O4/c26-20-8-6-14-11-15(5-7-18(14)25-20)22(28)29-13-21(27)23-10-9-16-12-24-19-4-2-1-3-17(16)19/h1-5,7,11-12,24H,6,8-10,13H2,(H,23,27)(H,25,26). The zero-order chi connectivity index (χ0) is 20.2. The van der Waals surface area contributed by atoms with Gasteiger partial charge in [0.2, 0.25) is 5.91 Å². The lowest BCUT2D eigenvalue weighted by atomic mass is 10.0. The molecule has 2 aromatic carbocycles. The average Bonchev–Trinajstić information content (AvgIpc) is 3.15. The lowest BCUT2D eigenvalue weighted by Crippen LogP contribution is -2.30. The summed E-state index contributed by atoms with van der Waals surface area (Å²) in [6.07, 6.45) is 3.59. The minimum absolute atomic E-state index is 0.0304. The molecule has 1 aromatic heterocycles. The molecular formula is C22H21N3O4. The number of aromatic nitrogens is 1. The number of esters is 1. The number of H-pyrrole nitrogens is 1. The predicted octanol–water partition coefficient (Wildman–Crippen LogP) is 2.57. The summed E-state index contributed by atoms with van der Waals surface area (Å²) in [5.74, 6) is -0.933. The van der Waals surface area contributed by atoms with Gasteiger partial charge < -0.3 is 20.4 Å². The maximum Gasteiger partial charge on any atom is 0.338 e. The molecule has 148 valence electrons. The van der Waals surface area contributed by atoms with E-state index in [-0.39, 0.29) is 18.4 Å². The number of benzene rings is 2. The van der Waals surface area contributed by atoms with Crippen LogP contribution in [-0.2, 0) is 27.2 Å². The van der Waals surface area contributed by atoms with Crippen LogP contribution in [0.3, 0.4) is 0 Å². The lowest BCUT2D eigenvalue weighted by Gasteiger charge is -2.17. The highest BCUT2D eigenvalue weighted by molar-refractivity contribution is 5.96. The molecular weight excluding hydrogens is 370 g/mol. The fraction of sp³-hybridized carbons (Fsp3) is 0.227. The molecule has 7 nitrogen and oxygen atoms in total. The second-order valence-electron chi connectivity index (χ2n) is 6.96. The van der Waals surface area contributed by atoms with Crippen LogP contribution in [0.5, 0.6) is 0 Å². The third kappa shape index (κ3) is 4.29. The molecule has 3 aromatic rings. The normalized spacial score (nSPS) is 12.9. The van der Waals surface area contributed by atoms with E-state index in [0.29, 0.717) is 37.1 Å². The minimum atomic E-state index is -0.559. The molecule has 0 aliphatic carbocycles. The number of aryl methyl sites for hydroxylation is 1. The summed E-state index contributed by atoms with van der Waals surface area (Å²) in [7, 11) is 0. The zero-order valence-electron chi connectivity index (χ0n) is 15.8. The highest BCUT2D eigenvalue weighted by Gasteiger charge is 2.17. The molecule has 0 radical (unpaired) electrons. The number of aromatic amines is 1. The first-order valence-electron chi connectivity index (χ1n) is 9.52. The summed E-state index contributed by atoms with van der Waals surface area (Å²) in [6.45, 7) is 0.122. The summed E-state index contributed by atoms with van der Waals surface area (Å²) in [6, 6.07) is 13.0. The number of hydrogen-bond donors (Lipinski definition) is 3. The number of carbonyl (C=O) groups excluding carboxylic acids is 3. The minimum Gasteiger partial charge on any atom is -0.452 e. The van der Waals surface area contributed by atoms with Crippen molar-refractivity contribution in [3.8, 4) is 0 Å². The number of hydrogen-bond acceptors (Lipinski definition) is 4. The van der Waals surface area contributed by atoms with Gasteiger partial charge in [-0.3, -0.25) is 9.59 Å². The van der Waals surface area contributed by atoms with Gasteiger partial charge in [0.1, 0.15) is 0 Å². The number of anilines is 1. The largest absolute Gasteiger partial charge is 0.452 e. The Morgan fingerprint density at radius 2 is 1.97 bits per heavy atom.